The first-order chi connectivity index (χ1) is 23.3. The van der Waals surface area contributed by atoms with E-state index in [9.17, 15) is 46.6 Å². The lowest BCUT2D eigenvalue weighted by Crippen LogP contribution is -2.58. The van der Waals surface area contributed by atoms with Gasteiger partial charge in [0.05, 0.1) is 6.04 Å². The molecular weight excluding hydrogens is 664 g/mol. The summed E-state index contributed by atoms with van der Waals surface area (Å²) in [4.78, 5) is 65.2. The Morgan fingerprint density at radius 1 is 0.700 bits per heavy atom. The number of carbonyl (C=O) groups excluding carboxylic acids is 5. The van der Waals surface area contributed by atoms with Crippen molar-refractivity contribution in [3.63, 3.8) is 0 Å². The molecule has 0 aromatic heterocycles. The molecule has 0 aliphatic carbocycles. The van der Waals surface area contributed by atoms with Crippen LogP contribution in [0.2, 0.25) is 0 Å². The zero-order valence-electron chi connectivity index (χ0n) is 30.4. The highest BCUT2D eigenvalue weighted by Crippen LogP contribution is 2.29. The number of likely N-dealkylation sites (N-methyl/N-ethyl adjacent to an activating group) is 1. The summed E-state index contributed by atoms with van der Waals surface area (Å²) in [5.74, 6) is -15.0. The second kappa shape index (κ2) is 20.7. The fraction of sp³-hybridized carbons (Fsp3) is 0.676. The molecule has 1 rings (SSSR count). The number of carbonyl (C=O) groups is 5. The number of benzene rings is 1. The molecular formula is C34H54F4N6O6. The van der Waals surface area contributed by atoms with Gasteiger partial charge in [0.2, 0.25) is 35.3 Å². The molecule has 0 saturated heterocycles. The van der Waals surface area contributed by atoms with Crippen molar-refractivity contribution in [3.8, 4) is 5.75 Å². The van der Waals surface area contributed by atoms with Crippen molar-refractivity contribution in [1.82, 2.24) is 31.9 Å². The molecule has 0 heterocycles. The molecule has 1 aromatic carbocycles. The lowest BCUT2D eigenvalue weighted by atomic mass is 9.96. The van der Waals surface area contributed by atoms with Gasteiger partial charge < -0.3 is 37.0 Å². The second-order valence-electron chi connectivity index (χ2n) is 13.3. The minimum Gasteiger partial charge on any atom is -0.503 e. The number of aromatic hydroxyl groups is 1. The standard InChI is InChI=1S/C34H54F4N6O6/c1-10-13-21(42-34(50)28(18(8)11-2)44-32(48)22-23(35)25(37)29(45)26(38)24(22)36)31(47)41-20(14-16(4)5)15-40-19(9)30(46)43-27(17(6)7)33(49)39-12-3/h16-21,27-28,40,45H,10-15H2,1-9H3,(H,39,49)(H,41,47)(H,42,50)(H,43,46)(H,44,48)/t18-,19-,20-,21-,27?,28-/m0/s1. The van der Waals surface area contributed by atoms with Crippen molar-refractivity contribution in [3.05, 3.63) is 28.8 Å². The van der Waals surface area contributed by atoms with E-state index in [1.807, 2.05) is 27.7 Å². The summed E-state index contributed by atoms with van der Waals surface area (Å²) >= 11 is 0. The fourth-order valence-electron chi connectivity index (χ4n) is 5.13. The van der Waals surface area contributed by atoms with Crippen LogP contribution in [0.1, 0.15) is 98.4 Å². The molecule has 50 heavy (non-hydrogen) atoms. The zero-order valence-corrected chi connectivity index (χ0v) is 30.4. The van der Waals surface area contributed by atoms with Crippen LogP contribution in [-0.4, -0.2) is 77.9 Å². The van der Waals surface area contributed by atoms with E-state index < -0.39 is 94.3 Å². The third-order valence-electron chi connectivity index (χ3n) is 8.22. The first-order valence-corrected chi connectivity index (χ1v) is 17.1. The van der Waals surface area contributed by atoms with Crippen LogP contribution in [0, 0.1) is 41.0 Å². The second-order valence-corrected chi connectivity index (χ2v) is 13.3. The Morgan fingerprint density at radius 3 is 1.76 bits per heavy atom. The summed E-state index contributed by atoms with van der Waals surface area (Å²) in [6.07, 6.45) is 1.40. The number of phenols is 1. The predicted octanol–water partition coefficient (Wildman–Crippen LogP) is 3.16. The average molecular weight is 719 g/mol. The van der Waals surface area contributed by atoms with Gasteiger partial charge in [0, 0.05) is 19.1 Å². The third-order valence-corrected chi connectivity index (χ3v) is 8.22. The Morgan fingerprint density at radius 2 is 1.28 bits per heavy atom. The Balaban J connectivity index is 3.13. The normalized spacial score (nSPS) is 15.0. The van der Waals surface area contributed by atoms with E-state index >= 15 is 0 Å². The summed E-state index contributed by atoms with van der Waals surface area (Å²) in [5.41, 5.74) is -1.65. The van der Waals surface area contributed by atoms with E-state index in [1.165, 1.54) is 0 Å². The van der Waals surface area contributed by atoms with Gasteiger partial charge >= 0.3 is 0 Å². The largest absolute Gasteiger partial charge is 0.503 e. The highest BCUT2D eigenvalue weighted by atomic mass is 19.2. The molecule has 5 amide bonds. The molecule has 284 valence electrons. The van der Waals surface area contributed by atoms with Gasteiger partial charge in [-0.25, -0.2) is 8.78 Å². The minimum absolute atomic E-state index is 0.119. The van der Waals surface area contributed by atoms with Crippen molar-refractivity contribution < 1.29 is 46.6 Å². The number of halogens is 4. The number of nitrogens with one attached hydrogen (secondary N) is 6. The maximum atomic E-state index is 14.4. The molecule has 16 heteroatoms. The first kappa shape index (κ1) is 44.1. The molecule has 0 aliphatic heterocycles. The van der Waals surface area contributed by atoms with Gasteiger partial charge in [0.1, 0.15) is 23.7 Å². The van der Waals surface area contributed by atoms with Crippen molar-refractivity contribution >= 4 is 29.5 Å². The van der Waals surface area contributed by atoms with Crippen LogP contribution in [-0.2, 0) is 19.2 Å². The summed E-state index contributed by atoms with van der Waals surface area (Å²) in [6.45, 7) is 16.5. The third kappa shape index (κ3) is 12.4. The van der Waals surface area contributed by atoms with Crippen LogP contribution in [0.15, 0.2) is 0 Å². The van der Waals surface area contributed by atoms with Crippen LogP contribution in [0.5, 0.6) is 5.75 Å². The molecule has 0 radical (unpaired) electrons. The molecule has 7 N–H and O–H groups in total. The molecule has 0 fully saturated rings. The Kier molecular flexibility index (Phi) is 18.2. The van der Waals surface area contributed by atoms with Gasteiger partial charge in [-0.3, -0.25) is 24.0 Å². The van der Waals surface area contributed by atoms with Gasteiger partial charge in [0.15, 0.2) is 17.4 Å². The highest BCUT2D eigenvalue weighted by molar-refractivity contribution is 5.99. The van der Waals surface area contributed by atoms with E-state index in [-0.39, 0.29) is 37.1 Å². The van der Waals surface area contributed by atoms with Gasteiger partial charge in [-0.15, -0.1) is 0 Å². The highest BCUT2D eigenvalue weighted by Gasteiger charge is 2.35. The van der Waals surface area contributed by atoms with Crippen molar-refractivity contribution in [2.75, 3.05) is 13.1 Å². The van der Waals surface area contributed by atoms with Crippen LogP contribution < -0.4 is 31.9 Å². The van der Waals surface area contributed by atoms with E-state index in [2.05, 4.69) is 31.9 Å². The number of phenolic OH excluding ortho intramolecular Hbond substituents is 1. The summed E-state index contributed by atoms with van der Waals surface area (Å²) in [7, 11) is 0. The van der Waals surface area contributed by atoms with Crippen molar-refractivity contribution in [1.29, 1.82) is 0 Å². The lowest BCUT2D eigenvalue weighted by Gasteiger charge is -2.29. The number of hydrogen-bond acceptors (Lipinski definition) is 7. The molecule has 0 saturated carbocycles. The lowest BCUT2D eigenvalue weighted by molar-refractivity contribution is -0.131. The summed E-state index contributed by atoms with van der Waals surface area (Å²) in [5, 5.41) is 25.4. The zero-order chi connectivity index (χ0) is 38.5. The topological polar surface area (TPSA) is 178 Å². The molecule has 0 spiro atoms. The van der Waals surface area contributed by atoms with E-state index in [4.69, 9.17) is 0 Å². The Hall–Kier alpha value is -3.95. The molecule has 0 bridgehead atoms. The molecule has 0 aliphatic rings. The smallest absolute Gasteiger partial charge is 0.258 e. The summed E-state index contributed by atoms with van der Waals surface area (Å²) in [6, 6.07) is -4.53. The molecule has 12 nitrogen and oxygen atoms in total. The number of hydrogen-bond donors (Lipinski definition) is 7. The number of amides is 5. The van der Waals surface area contributed by atoms with Crippen molar-refractivity contribution in [2.45, 2.75) is 118 Å². The molecule has 1 unspecified atom stereocenters. The van der Waals surface area contributed by atoms with E-state index in [0.29, 0.717) is 19.4 Å². The Bertz CT molecular complexity index is 1320. The maximum Gasteiger partial charge on any atom is 0.258 e. The molecule has 6 atom stereocenters. The summed E-state index contributed by atoms with van der Waals surface area (Å²) < 4.78 is 56.7. The van der Waals surface area contributed by atoms with Crippen LogP contribution in [0.25, 0.3) is 0 Å². The van der Waals surface area contributed by atoms with E-state index in [1.54, 1.807) is 34.6 Å². The quantitative estimate of drug-likeness (QED) is 0.0800. The van der Waals surface area contributed by atoms with Gasteiger partial charge in [0.25, 0.3) is 5.91 Å². The van der Waals surface area contributed by atoms with Crippen LogP contribution in [0.3, 0.4) is 0 Å². The van der Waals surface area contributed by atoms with Gasteiger partial charge in [-0.05, 0) is 44.4 Å². The molecule has 1 aromatic rings. The van der Waals surface area contributed by atoms with Crippen molar-refractivity contribution in [2.24, 2.45) is 17.8 Å². The Labute approximate surface area is 291 Å². The first-order valence-electron chi connectivity index (χ1n) is 17.1. The van der Waals surface area contributed by atoms with E-state index in [0.717, 1.165) is 0 Å². The number of rotatable bonds is 20. The maximum absolute atomic E-state index is 14.4. The van der Waals surface area contributed by atoms with Crippen LogP contribution in [0.4, 0.5) is 17.6 Å². The minimum atomic E-state index is -2.17. The predicted molar refractivity (Wildman–Crippen MR) is 180 cm³/mol. The average Bonchev–Trinajstić information content (AvgIpc) is 3.05. The fourth-order valence-corrected chi connectivity index (χ4v) is 5.13. The SMILES string of the molecule is CCC[C@H](NC(=O)[C@@H](NC(=O)c1c(F)c(F)c(O)c(F)c1F)[C@@H](C)CC)C(=O)N[C@H](CN[C@@H](C)C(=O)NC(C(=O)NCC)C(C)C)CC(C)C. The van der Waals surface area contributed by atoms with Gasteiger partial charge in [-0.2, -0.15) is 8.78 Å². The van der Waals surface area contributed by atoms with Crippen LogP contribution >= 0.6 is 0 Å². The van der Waals surface area contributed by atoms with Gasteiger partial charge in [-0.1, -0.05) is 61.3 Å². The monoisotopic (exact) mass is 718 g/mol.